The van der Waals surface area contributed by atoms with E-state index >= 15 is 0 Å². The highest BCUT2D eigenvalue weighted by atomic mass is 16.5. The van der Waals surface area contributed by atoms with E-state index in [2.05, 4.69) is 6.58 Å². The minimum atomic E-state index is -0.344. The quantitative estimate of drug-likeness (QED) is 0.716. The van der Waals surface area contributed by atoms with Crippen molar-refractivity contribution in [2.45, 2.75) is 38.6 Å². The van der Waals surface area contributed by atoms with Gasteiger partial charge in [-0.3, -0.25) is 0 Å². The Hall–Kier alpha value is -1.12. The minimum absolute atomic E-state index is 0.0650. The molecule has 0 amide bonds. The van der Waals surface area contributed by atoms with E-state index in [0.29, 0.717) is 19.4 Å². The molecule has 0 saturated heterocycles. The molecule has 2 nitrogen and oxygen atoms in total. The van der Waals surface area contributed by atoms with Gasteiger partial charge in [0, 0.05) is 0 Å². The number of benzene rings is 1. The molecular weight excluding hydrogens is 200 g/mol. The molecule has 0 saturated carbocycles. The number of aliphatic hydroxyl groups is 1. The van der Waals surface area contributed by atoms with Crippen molar-refractivity contribution in [2.24, 2.45) is 0 Å². The number of hydrogen-bond donors (Lipinski definition) is 1. The molecule has 0 unspecified atom stereocenters. The van der Waals surface area contributed by atoms with E-state index in [1.165, 1.54) is 0 Å². The van der Waals surface area contributed by atoms with Gasteiger partial charge in [0.25, 0.3) is 0 Å². The van der Waals surface area contributed by atoms with Crippen LogP contribution in [0.15, 0.2) is 43.0 Å². The van der Waals surface area contributed by atoms with E-state index in [0.717, 1.165) is 5.56 Å². The summed E-state index contributed by atoms with van der Waals surface area (Å²) in [5.41, 5.74) is 1.16. The zero-order chi connectivity index (χ0) is 11.8. The summed E-state index contributed by atoms with van der Waals surface area (Å²) in [6, 6.07) is 10.0. The Bertz CT molecular complexity index is 295. The Morgan fingerprint density at radius 1 is 1.38 bits per heavy atom. The zero-order valence-corrected chi connectivity index (χ0v) is 9.80. The predicted octanol–water partition coefficient (Wildman–Crippen LogP) is 2.92. The summed E-state index contributed by atoms with van der Waals surface area (Å²) in [6.45, 7) is 6.18. The first-order valence-electron chi connectivity index (χ1n) is 5.67. The maximum Gasteiger partial charge on any atom is 0.0720 e. The summed E-state index contributed by atoms with van der Waals surface area (Å²) < 4.78 is 5.65. The lowest BCUT2D eigenvalue weighted by Gasteiger charge is -2.16. The molecule has 0 heterocycles. The van der Waals surface area contributed by atoms with Crippen molar-refractivity contribution >= 4 is 0 Å². The van der Waals surface area contributed by atoms with Gasteiger partial charge in [-0.15, -0.1) is 6.58 Å². The topological polar surface area (TPSA) is 29.5 Å². The maximum atomic E-state index is 9.57. The summed E-state index contributed by atoms with van der Waals surface area (Å²) in [5.74, 6) is 0. The van der Waals surface area contributed by atoms with Crippen LogP contribution in [0.5, 0.6) is 0 Å². The highest BCUT2D eigenvalue weighted by molar-refractivity contribution is 5.13. The second-order valence-corrected chi connectivity index (χ2v) is 4.02. The fourth-order valence-electron chi connectivity index (χ4n) is 1.55. The molecule has 2 heteroatoms. The summed E-state index contributed by atoms with van der Waals surface area (Å²) >= 11 is 0. The SMILES string of the molecule is C=CC[C@@H](O)C[C@H](C)OCc1ccccc1. The normalized spacial score (nSPS) is 14.4. The summed E-state index contributed by atoms with van der Waals surface area (Å²) in [6.07, 6.45) is 2.73. The number of ether oxygens (including phenoxy) is 1. The third kappa shape index (κ3) is 5.10. The second kappa shape index (κ2) is 7.20. The van der Waals surface area contributed by atoms with Gasteiger partial charge in [-0.05, 0) is 25.3 Å². The van der Waals surface area contributed by atoms with Crippen LogP contribution in [0.25, 0.3) is 0 Å². The van der Waals surface area contributed by atoms with Crippen LogP contribution in [-0.2, 0) is 11.3 Å². The Kier molecular flexibility index (Phi) is 5.83. The van der Waals surface area contributed by atoms with Gasteiger partial charge >= 0.3 is 0 Å². The van der Waals surface area contributed by atoms with Crippen LogP contribution in [-0.4, -0.2) is 17.3 Å². The average molecular weight is 220 g/mol. The van der Waals surface area contributed by atoms with Crippen molar-refractivity contribution in [3.05, 3.63) is 48.6 Å². The van der Waals surface area contributed by atoms with E-state index < -0.39 is 0 Å². The smallest absolute Gasteiger partial charge is 0.0720 e. The van der Waals surface area contributed by atoms with Gasteiger partial charge in [0.15, 0.2) is 0 Å². The molecule has 1 aromatic carbocycles. The lowest BCUT2D eigenvalue weighted by molar-refractivity contribution is 0.0156. The van der Waals surface area contributed by atoms with E-state index in [1.807, 2.05) is 37.3 Å². The number of hydrogen-bond acceptors (Lipinski definition) is 2. The van der Waals surface area contributed by atoms with Crippen molar-refractivity contribution in [1.29, 1.82) is 0 Å². The molecule has 16 heavy (non-hydrogen) atoms. The highest BCUT2D eigenvalue weighted by Gasteiger charge is 2.09. The Morgan fingerprint density at radius 3 is 2.69 bits per heavy atom. The fraction of sp³-hybridized carbons (Fsp3) is 0.429. The molecule has 1 N–H and O–H groups in total. The van der Waals surface area contributed by atoms with Crippen LogP contribution in [0, 0.1) is 0 Å². The second-order valence-electron chi connectivity index (χ2n) is 4.02. The molecule has 0 radical (unpaired) electrons. The summed E-state index contributed by atoms with van der Waals surface area (Å²) in [4.78, 5) is 0. The molecule has 0 aliphatic rings. The van der Waals surface area contributed by atoms with E-state index in [9.17, 15) is 5.11 Å². The van der Waals surface area contributed by atoms with Gasteiger partial charge in [0.05, 0.1) is 18.8 Å². The fourth-order valence-corrected chi connectivity index (χ4v) is 1.55. The lowest BCUT2D eigenvalue weighted by Crippen LogP contribution is -2.17. The highest BCUT2D eigenvalue weighted by Crippen LogP contribution is 2.09. The van der Waals surface area contributed by atoms with Gasteiger partial charge in [0.2, 0.25) is 0 Å². The van der Waals surface area contributed by atoms with Gasteiger partial charge in [-0.25, -0.2) is 0 Å². The largest absolute Gasteiger partial charge is 0.393 e. The lowest BCUT2D eigenvalue weighted by atomic mass is 10.1. The zero-order valence-electron chi connectivity index (χ0n) is 9.80. The van der Waals surface area contributed by atoms with Crippen molar-refractivity contribution in [1.82, 2.24) is 0 Å². The molecule has 88 valence electrons. The number of rotatable bonds is 7. The third-order valence-corrected chi connectivity index (χ3v) is 2.42. The van der Waals surface area contributed by atoms with Gasteiger partial charge < -0.3 is 9.84 Å². The van der Waals surface area contributed by atoms with E-state index in [4.69, 9.17) is 4.74 Å². The number of aliphatic hydroxyl groups excluding tert-OH is 1. The predicted molar refractivity (Wildman–Crippen MR) is 66.1 cm³/mol. The first kappa shape index (κ1) is 12.9. The van der Waals surface area contributed by atoms with Gasteiger partial charge in [-0.2, -0.15) is 0 Å². The molecular formula is C14H20O2. The minimum Gasteiger partial charge on any atom is -0.393 e. The van der Waals surface area contributed by atoms with Crippen LogP contribution >= 0.6 is 0 Å². The first-order valence-corrected chi connectivity index (χ1v) is 5.67. The summed E-state index contributed by atoms with van der Waals surface area (Å²) in [7, 11) is 0. The standard InChI is InChI=1S/C14H20O2/c1-3-7-14(15)10-12(2)16-11-13-8-5-4-6-9-13/h3-6,8-9,12,14-15H,1,7,10-11H2,2H3/t12-,14+/m0/s1. The maximum absolute atomic E-state index is 9.57. The molecule has 2 atom stereocenters. The van der Waals surface area contributed by atoms with Crippen LogP contribution in [0.3, 0.4) is 0 Å². The molecule has 0 aromatic heterocycles. The van der Waals surface area contributed by atoms with Crippen molar-refractivity contribution < 1.29 is 9.84 Å². The van der Waals surface area contributed by atoms with Crippen LogP contribution in [0.4, 0.5) is 0 Å². The van der Waals surface area contributed by atoms with Crippen molar-refractivity contribution in [2.75, 3.05) is 0 Å². The summed E-state index contributed by atoms with van der Waals surface area (Å²) in [5, 5.41) is 9.57. The average Bonchev–Trinajstić information content (AvgIpc) is 2.28. The molecule has 1 aromatic rings. The van der Waals surface area contributed by atoms with Gasteiger partial charge in [0.1, 0.15) is 0 Å². The van der Waals surface area contributed by atoms with E-state index in [1.54, 1.807) is 6.08 Å². The molecule has 0 aliphatic carbocycles. The Balaban J connectivity index is 2.25. The van der Waals surface area contributed by atoms with Crippen LogP contribution in [0.1, 0.15) is 25.3 Å². The van der Waals surface area contributed by atoms with Gasteiger partial charge in [-0.1, -0.05) is 36.4 Å². The molecule has 0 fully saturated rings. The van der Waals surface area contributed by atoms with Crippen molar-refractivity contribution in [3.8, 4) is 0 Å². The monoisotopic (exact) mass is 220 g/mol. The first-order chi connectivity index (χ1) is 7.72. The molecule has 0 bridgehead atoms. The van der Waals surface area contributed by atoms with Crippen molar-refractivity contribution in [3.63, 3.8) is 0 Å². The Labute approximate surface area is 97.6 Å². The van der Waals surface area contributed by atoms with Crippen LogP contribution < -0.4 is 0 Å². The molecule has 1 rings (SSSR count). The third-order valence-electron chi connectivity index (χ3n) is 2.42. The molecule has 0 aliphatic heterocycles. The van der Waals surface area contributed by atoms with E-state index in [-0.39, 0.29) is 12.2 Å². The Morgan fingerprint density at radius 2 is 2.06 bits per heavy atom. The van der Waals surface area contributed by atoms with Crippen LogP contribution in [0.2, 0.25) is 0 Å². The molecule has 0 spiro atoms.